The van der Waals surface area contributed by atoms with Crippen molar-refractivity contribution in [3.63, 3.8) is 0 Å². The molecule has 0 bridgehead atoms. The number of hydrogen-bond donors (Lipinski definition) is 1. The average molecular weight is 170 g/mol. The minimum absolute atomic E-state index is 0.397. The van der Waals surface area contributed by atoms with Gasteiger partial charge in [-0.15, -0.1) is 0 Å². The summed E-state index contributed by atoms with van der Waals surface area (Å²) in [6.07, 6.45) is 0. The summed E-state index contributed by atoms with van der Waals surface area (Å²) in [5.74, 6) is 0.397. The van der Waals surface area contributed by atoms with Gasteiger partial charge in [0.1, 0.15) is 20.2 Å². The highest BCUT2D eigenvalue weighted by Crippen LogP contribution is 1.81. The van der Waals surface area contributed by atoms with Gasteiger partial charge in [-0.05, 0) is 6.04 Å². The van der Waals surface area contributed by atoms with Crippen LogP contribution in [0.2, 0.25) is 6.04 Å². The Balaban J connectivity index is 2.82. The van der Waals surface area contributed by atoms with Crippen LogP contribution in [0.15, 0.2) is 0 Å². The van der Waals surface area contributed by atoms with E-state index in [1.807, 2.05) is 0 Å². The summed E-state index contributed by atoms with van der Waals surface area (Å²) >= 11 is -1.60. The molecular weight excluding hydrogens is 160 g/mol. The molecule has 0 spiro atoms. The summed E-state index contributed by atoms with van der Waals surface area (Å²) in [5.41, 5.74) is 0. The molecule has 0 aromatic carbocycles. The van der Waals surface area contributed by atoms with Gasteiger partial charge in [-0.25, -0.2) is 4.21 Å². The van der Waals surface area contributed by atoms with Gasteiger partial charge in [0, 0.05) is 5.75 Å². The number of rotatable bonds is 4. The topological polar surface area (TPSA) is 46.5 Å². The van der Waals surface area contributed by atoms with Crippen LogP contribution < -0.4 is 0 Å². The molecule has 0 saturated heterocycles. The van der Waals surface area contributed by atoms with Gasteiger partial charge in [-0.2, -0.15) is 0 Å². The van der Waals surface area contributed by atoms with Crippen LogP contribution in [0.3, 0.4) is 0 Å². The predicted octanol–water partition coefficient (Wildman–Crippen LogP) is -1.99. The molecule has 0 amide bonds. The lowest BCUT2D eigenvalue weighted by Crippen LogP contribution is -2.01. The summed E-state index contributed by atoms with van der Waals surface area (Å²) in [5, 5.41) is 0. The second-order valence-corrected chi connectivity index (χ2v) is 5.85. The fraction of sp³-hybridized carbons (Fsp3) is 1.00. The molecule has 0 radical (unpaired) electrons. The lowest BCUT2D eigenvalue weighted by atomic mass is 11.0. The van der Waals surface area contributed by atoms with E-state index in [9.17, 15) is 4.21 Å². The molecule has 1 atom stereocenters. The highest BCUT2D eigenvalue weighted by molar-refractivity contribution is 7.79. The fourth-order valence-electron chi connectivity index (χ4n) is 0.327. The Labute approximate surface area is 56.6 Å². The predicted molar refractivity (Wildman–Crippen MR) is 40.0 cm³/mol. The van der Waals surface area contributed by atoms with Crippen LogP contribution in [0.25, 0.3) is 0 Å². The molecule has 0 aliphatic carbocycles. The van der Waals surface area contributed by atoms with Crippen molar-refractivity contribution in [1.29, 1.82) is 0 Å². The molecule has 3 nitrogen and oxygen atoms in total. The van der Waals surface area contributed by atoms with Crippen molar-refractivity contribution in [2.75, 3.05) is 5.75 Å². The van der Waals surface area contributed by atoms with Crippen molar-refractivity contribution in [1.82, 2.24) is 0 Å². The van der Waals surface area contributed by atoms with Crippen molar-refractivity contribution in [3.05, 3.63) is 0 Å². The molecule has 0 aromatic rings. The van der Waals surface area contributed by atoms with Gasteiger partial charge in [0.05, 0.1) is 0 Å². The van der Waals surface area contributed by atoms with E-state index in [-0.39, 0.29) is 0 Å². The zero-order valence-corrected chi connectivity index (χ0v) is 9.02. The smallest absolute Gasteiger partial charge is 0.152 e. The lowest BCUT2D eigenvalue weighted by molar-refractivity contribution is 0.564. The quantitative estimate of drug-likeness (QED) is 0.302. The lowest BCUT2D eigenvalue weighted by Gasteiger charge is -1.92. The molecule has 6 heteroatoms. The van der Waals surface area contributed by atoms with Crippen molar-refractivity contribution in [2.45, 2.75) is 6.04 Å². The number of hydrogen-bond acceptors (Lipinski definition) is 2. The first-order valence-electron chi connectivity index (χ1n) is 2.33. The van der Waals surface area contributed by atoms with Crippen LogP contribution >= 0.6 is 0 Å². The van der Waals surface area contributed by atoms with Gasteiger partial charge in [0.25, 0.3) is 0 Å². The molecule has 8 heavy (non-hydrogen) atoms. The second kappa shape index (κ2) is 5.64. The Morgan fingerprint density at radius 2 is 2.50 bits per heavy atom. The van der Waals surface area contributed by atoms with Gasteiger partial charge >= 0.3 is 0 Å². The third-order valence-corrected chi connectivity index (χ3v) is 4.09. The van der Waals surface area contributed by atoms with Gasteiger partial charge in [-0.1, -0.05) is 0 Å². The van der Waals surface area contributed by atoms with Crippen LogP contribution in [-0.4, -0.2) is 34.8 Å². The third-order valence-electron chi connectivity index (χ3n) is 0.667. The van der Waals surface area contributed by atoms with E-state index in [4.69, 9.17) is 8.67 Å². The Kier molecular flexibility index (Phi) is 5.99. The van der Waals surface area contributed by atoms with Crippen LogP contribution in [0.1, 0.15) is 0 Å². The molecule has 0 aliphatic rings. The Morgan fingerprint density at radius 3 is 2.88 bits per heavy atom. The van der Waals surface area contributed by atoms with E-state index in [1.165, 1.54) is 0 Å². The Hall–Kier alpha value is 0.504. The normalized spacial score (nSPS) is 15.6. The first-order chi connectivity index (χ1) is 3.77. The molecule has 1 unspecified atom stereocenters. The maximum absolute atomic E-state index is 9.96. The Morgan fingerprint density at radius 1 is 1.88 bits per heavy atom. The van der Waals surface area contributed by atoms with Gasteiger partial charge in [0.15, 0.2) is 11.1 Å². The summed E-state index contributed by atoms with van der Waals surface area (Å²) in [6.45, 7) is 0. The van der Waals surface area contributed by atoms with Crippen LogP contribution in [0, 0.1) is 0 Å². The van der Waals surface area contributed by atoms with E-state index >= 15 is 0 Å². The van der Waals surface area contributed by atoms with Crippen LogP contribution in [0.4, 0.5) is 0 Å². The van der Waals surface area contributed by atoms with Crippen molar-refractivity contribution >= 4 is 31.3 Å². The van der Waals surface area contributed by atoms with Crippen LogP contribution in [-0.2, 0) is 15.2 Å². The third kappa shape index (κ3) is 6.50. The highest BCUT2D eigenvalue weighted by atomic mass is 32.2. The standard InChI is InChI=1S/C2H10O3SSi2/c3-6(4)1-2-8-5-7/h1-2,8H2,7H3,(H,3,4). The molecule has 50 valence electrons. The zero-order chi connectivity index (χ0) is 6.41. The summed E-state index contributed by atoms with van der Waals surface area (Å²) in [6, 6.07) is 0.826. The van der Waals surface area contributed by atoms with Gasteiger partial charge < -0.3 is 8.67 Å². The molecule has 0 rings (SSSR count). The minimum Gasteiger partial charge on any atom is -0.468 e. The van der Waals surface area contributed by atoms with Crippen LogP contribution in [0.5, 0.6) is 0 Å². The van der Waals surface area contributed by atoms with E-state index in [2.05, 4.69) is 0 Å². The van der Waals surface area contributed by atoms with E-state index in [0.29, 0.717) is 5.75 Å². The van der Waals surface area contributed by atoms with E-state index in [0.717, 1.165) is 16.5 Å². The van der Waals surface area contributed by atoms with E-state index < -0.39 is 20.8 Å². The molecule has 1 N–H and O–H groups in total. The molecular formula is C2H10O3SSi2. The molecule has 0 fully saturated rings. The first-order valence-corrected chi connectivity index (χ1v) is 6.00. The fourth-order valence-corrected chi connectivity index (χ4v) is 2.94. The zero-order valence-electron chi connectivity index (χ0n) is 4.79. The molecule has 0 aromatic heterocycles. The molecule has 0 heterocycles. The van der Waals surface area contributed by atoms with Crippen molar-refractivity contribution < 1.29 is 12.9 Å². The first kappa shape index (κ1) is 8.50. The van der Waals surface area contributed by atoms with Gasteiger partial charge in [-0.3, -0.25) is 0 Å². The summed E-state index contributed by atoms with van der Waals surface area (Å²) < 4.78 is 23.1. The van der Waals surface area contributed by atoms with Crippen molar-refractivity contribution in [3.8, 4) is 0 Å². The molecule has 0 saturated carbocycles. The maximum Gasteiger partial charge on any atom is 0.152 e. The largest absolute Gasteiger partial charge is 0.468 e. The Bertz CT molecular complexity index is 77.7. The van der Waals surface area contributed by atoms with E-state index in [1.54, 1.807) is 0 Å². The highest BCUT2D eigenvalue weighted by Gasteiger charge is 1.91. The van der Waals surface area contributed by atoms with Gasteiger partial charge in [0.2, 0.25) is 0 Å². The summed E-state index contributed by atoms with van der Waals surface area (Å²) in [7, 11) is 0.368. The molecule has 0 aliphatic heterocycles. The van der Waals surface area contributed by atoms with Crippen molar-refractivity contribution in [2.24, 2.45) is 0 Å². The average Bonchev–Trinajstić information content (AvgIpc) is 1.66. The second-order valence-electron chi connectivity index (χ2n) is 1.37. The monoisotopic (exact) mass is 170 g/mol. The SMILES string of the molecule is O=S(O)CC[SiH2]O[SiH3]. The summed E-state index contributed by atoms with van der Waals surface area (Å²) in [4.78, 5) is 0. The minimum atomic E-state index is -1.60. The maximum atomic E-state index is 9.96.